The highest BCUT2D eigenvalue weighted by Crippen LogP contribution is 2.32. The third kappa shape index (κ3) is 5.46. The molecule has 3 rings (SSSR count). The molecule has 1 aliphatic rings. The van der Waals surface area contributed by atoms with Gasteiger partial charge in [0.15, 0.2) is 0 Å². The largest absolute Gasteiger partial charge is 0.356 e. The summed E-state index contributed by atoms with van der Waals surface area (Å²) in [6.45, 7) is 1.34. The highest BCUT2D eigenvalue weighted by Gasteiger charge is 2.34. The van der Waals surface area contributed by atoms with Crippen molar-refractivity contribution in [3.63, 3.8) is 0 Å². The van der Waals surface area contributed by atoms with Crippen molar-refractivity contribution in [1.29, 1.82) is 0 Å². The van der Waals surface area contributed by atoms with Gasteiger partial charge in [0.1, 0.15) is 0 Å². The number of aromatic nitrogens is 2. The Bertz CT molecular complexity index is 898. The smallest absolute Gasteiger partial charge is 0.293 e. The van der Waals surface area contributed by atoms with Gasteiger partial charge in [0, 0.05) is 43.5 Å². The lowest BCUT2D eigenvalue weighted by molar-refractivity contribution is -0.124. The molecule has 1 saturated heterocycles. The molecule has 2 aromatic rings. The third-order valence-corrected chi connectivity index (χ3v) is 5.20. The van der Waals surface area contributed by atoms with Crippen molar-refractivity contribution in [2.24, 2.45) is 0 Å². The van der Waals surface area contributed by atoms with E-state index in [1.807, 2.05) is 10.8 Å². The number of amides is 3. The van der Waals surface area contributed by atoms with Crippen LogP contribution in [0.25, 0.3) is 6.08 Å². The molecule has 146 valence electrons. The van der Waals surface area contributed by atoms with Crippen molar-refractivity contribution in [3.8, 4) is 0 Å². The fourth-order valence-corrected chi connectivity index (χ4v) is 3.71. The second-order valence-corrected chi connectivity index (χ2v) is 7.57. The Morgan fingerprint density at radius 1 is 1.29 bits per heavy atom. The van der Waals surface area contributed by atoms with Crippen LogP contribution in [-0.2, 0) is 16.1 Å². The maximum Gasteiger partial charge on any atom is 0.293 e. The number of carbonyl (C=O) groups excluding carboxylic acids is 3. The minimum absolute atomic E-state index is 0.0604. The van der Waals surface area contributed by atoms with Gasteiger partial charge in [-0.1, -0.05) is 23.7 Å². The lowest BCUT2D eigenvalue weighted by Gasteiger charge is -2.12. The lowest BCUT2D eigenvalue weighted by atomic mass is 10.2. The van der Waals surface area contributed by atoms with Crippen LogP contribution in [0.4, 0.5) is 4.79 Å². The Balaban J connectivity index is 1.45. The van der Waals surface area contributed by atoms with Crippen LogP contribution in [0.3, 0.4) is 0 Å². The number of imidazole rings is 1. The van der Waals surface area contributed by atoms with Gasteiger partial charge >= 0.3 is 0 Å². The molecule has 0 bridgehead atoms. The Morgan fingerprint density at radius 3 is 2.89 bits per heavy atom. The standard InChI is InChI=1S/C19H19ClN4O3S/c20-15-4-1-3-14(11-15)12-16-18(26)24(19(27)28-16)9-5-17(25)22-6-2-8-23-10-7-21-13-23/h1,3-4,7,10-13H,2,5-6,8-9H2,(H,22,25). The van der Waals surface area contributed by atoms with Crippen LogP contribution in [0, 0.1) is 0 Å². The molecular formula is C19H19ClN4O3S. The van der Waals surface area contributed by atoms with Crippen molar-refractivity contribution >= 4 is 46.5 Å². The average Bonchev–Trinajstić information content (AvgIpc) is 3.26. The van der Waals surface area contributed by atoms with Crippen LogP contribution < -0.4 is 5.32 Å². The van der Waals surface area contributed by atoms with Crippen molar-refractivity contribution in [2.75, 3.05) is 13.1 Å². The first-order valence-electron chi connectivity index (χ1n) is 8.76. The normalized spacial score (nSPS) is 15.5. The predicted molar refractivity (Wildman–Crippen MR) is 109 cm³/mol. The van der Waals surface area contributed by atoms with Gasteiger partial charge in [0.05, 0.1) is 11.2 Å². The summed E-state index contributed by atoms with van der Waals surface area (Å²) in [5.41, 5.74) is 0.744. The molecule has 1 aromatic heterocycles. The molecule has 1 aliphatic heterocycles. The van der Waals surface area contributed by atoms with Gasteiger partial charge in [-0.3, -0.25) is 19.3 Å². The first-order chi connectivity index (χ1) is 13.5. The average molecular weight is 419 g/mol. The zero-order valence-electron chi connectivity index (χ0n) is 15.0. The fraction of sp³-hybridized carbons (Fsp3) is 0.263. The van der Waals surface area contributed by atoms with Gasteiger partial charge < -0.3 is 9.88 Å². The van der Waals surface area contributed by atoms with Gasteiger partial charge in [-0.05, 0) is 42.0 Å². The molecule has 0 radical (unpaired) electrons. The summed E-state index contributed by atoms with van der Waals surface area (Å²) in [5, 5.41) is 2.98. The number of halogens is 1. The summed E-state index contributed by atoms with van der Waals surface area (Å²) in [6, 6.07) is 7.03. The van der Waals surface area contributed by atoms with Gasteiger partial charge in [0.25, 0.3) is 11.1 Å². The van der Waals surface area contributed by atoms with Crippen molar-refractivity contribution in [1.82, 2.24) is 19.8 Å². The molecule has 1 aromatic carbocycles. The van der Waals surface area contributed by atoms with Crippen molar-refractivity contribution < 1.29 is 14.4 Å². The number of imide groups is 1. The van der Waals surface area contributed by atoms with E-state index in [1.54, 1.807) is 42.9 Å². The monoisotopic (exact) mass is 418 g/mol. The number of thioether (sulfide) groups is 1. The number of nitrogens with one attached hydrogen (secondary N) is 1. The first kappa shape index (κ1) is 20.2. The van der Waals surface area contributed by atoms with Gasteiger partial charge in [-0.2, -0.15) is 0 Å². The van der Waals surface area contributed by atoms with E-state index in [1.165, 1.54) is 0 Å². The van der Waals surface area contributed by atoms with Gasteiger partial charge in [-0.15, -0.1) is 0 Å². The van der Waals surface area contributed by atoms with Crippen molar-refractivity contribution in [2.45, 2.75) is 19.4 Å². The molecule has 2 heterocycles. The Morgan fingerprint density at radius 2 is 2.14 bits per heavy atom. The summed E-state index contributed by atoms with van der Waals surface area (Å²) >= 11 is 6.81. The summed E-state index contributed by atoms with van der Waals surface area (Å²) in [7, 11) is 0. The second kappa shape index (κ2) is 9.57. The van der Waals surface area contributed by atoms with E-state index in [0.717, 1.165) is 35.2 Å². The Labute approximate surface area is 171 Å². The molecule has 0 spiro atoms. The second-order valence-electron chi connectivity index (χ2n) is 6.14. The Kier molecular flexibility index (Phi) is 6.89. The van der Waals surface area contributed by atoms with Crippen LogP contribution in [-0.4, -0.2) is 44.6 Å². The number of rotatable bonds is 8. The molecular weight excluding hydrogens is 400 g/mol. The molecule has 0 atom stereocenters. The lowest BCUT2D eigenvalue weighted by Crippen LogP contribution is -2.34. The molecule has 0 saturated carbocycles. The topological polar surface area (TPSA) is 84.3 Å². The van der Waals surface area contributed by atoms with E-state index >= 15 is 0 Å². The highest BCUT2D eigenvalue weighted by atomic mass is 35.5. The van der Waals surface area contributed by atoms with E-state index in [4.69, 9.17) is 11.6 Å². The zero-order valence-corrected chi connectivity index (χ0v) is 16.6. The number of hydrogen-bond acceptors (Lipinski definition) is 5. The minimum atomic E-state index is -0.386. The Hall–Kier alpha value is -2.58. The maximum atomic E-state index is 12.5. The van der Waals surface area contributed by atoms with Gasteiger partial charge in [-0.25, -0.2) is 4.98 Å². The molecule has 9 heteroatoms. The first-order valence-corrected chi connectivity index (χ1v) is 9.96. The summed E-state index contributed by atoms with van der Waals surface area (Å²) in [4.78, 5) is 41.9. The maximum absolute atomic E-state index is 12.5. The molecule has 1 fully saturated rings. The van der Waals surface area contributed by atoms with E-state index in [-0.39, 0.29) is 30.0 Å². The van der Waals surface area contributed by atoms with Crippen LogP contribution >= 0.6 is 23.4 Å². The minimum Gasteiger partial charge on any atom is -0.356 e. The summed E-state index contributed by atoms with van der Waals surface area (Å²) in [6.07, 6.45) is 7.76. The van der Waals surface area contributed by atoms with E-state index < -0.39 is 0 Å². The van der Waals surface area contributed by atoms with Crippen molar-refractivity contribution in [3.05, 3.63) is 58.5 Å². The molecule has 7 nitrogen and oxygen atoms in total. The number of benzene rings is 1. The molecule has 0 unspecified atom stereocenters. The van der Waals surface area contributed by atoms with Crippen LogP contribution in [0.5, 0.6) is 0 Å². The highest BCUT2D eigenvalue weighted by molar-refractivity contribution is 8.18. The predicted octanol–water partition coefficient (Wildman–Crippen LogP) is 3.17. The van der Waals surface area contributed by atoms with Crippen LogP contribution in [0.2, 0.25) is 5.02 Å². The van der Waals surface area contributed by atoms with Crippen LogP contribution in [0.15, 0.2) is 47.9 Å². The molecule has 0 aliphatic carbocycles. The van der Waals surface area contributed by atoms with Gasteiger partial charge in [0.2, 0.25) is 5.91 Å². The number of carbonyl (C=O) groups is 3. The SMILES string of the molecule is O=C(CCN1C(=O)SC(=Cc2cccc(Cl)c2)C1=O)NCCCn1ccnc1. The van der Waals surface area contributed by atoms with E-state index in [2.05, 4.69) is 10.3 Å². The number of hydrogen-bond donors (Lipinski definition) is 1. The van der Waals surface area contributed by atoms with E-state index in [0.29, 0.717) is 16.5 Å². The van der Waals surface area contributed by atoms with Crippen LogP contribution in [0.1, 0.15) is 18.4 Å². The number of nitrogens with zero attached hydrogens (tertiary/aromatic N) is 3. The molecule has 3 amide bonds. The summed E-state index contributed by atoms with van der Waals surface area (Å²) in [5.74, 6) is -0.577. The summed E-state index contributed by atoms with van der Waals surface area (Å²) < 4.78 is 1.93. The molecule has 28 heavy (non-hydrogen) atoms. The van der Waals surface area contributed by atoms with E-state index in [9.17, 15) is 14.4 Å². The third-order valence-electron chi connectivity index (χ3n) is 4.06. The fourth-order valence-electron chi connectivity index (χ4n) is 2.65. The number of aryl methyl sites for hydroxylation is 1. The quantitative estimate of drug-likeness (QED) is 0.525. The molecule has 1 N–H and O–H groups in total. The zero-order chi connectivity index (χ0) is 19.9.